The van der Waals surface area contributed by atoms with E-state index in [1.807, 2.05) is 165 Å². The van der Waals surface area contributed by atoms with Crippen LogP contribution in [0, 0.1) is 67.0 Å². The van der Waals surface area contributed by atoms with E-state index in [0.29, 0.717) is 117 Å². The van der Waals surface area contributed by atoms with Gasteiger partial charge in [-0.3, -0.25) is 44.1 Å². The number of halogens is 3. The fourth-order valence-electron chi connectivity index (χ4n) is 13.2. The Bertz CT molecular complexity index is 6520. The van der Waals surface area contributed by atoms with E-state index in [9.17, 15) is 47.1 Å². The van der Waals surface area contributed by atoms with Gasteiger partial charge in [-0.2, -0.15) is 19.9 Å². The van der Waals surface area contributed by atoms with E-state index in [2.05, 4.69) is 86.1 Å². The van der Waals surface area contributed by atoms with Crippen molar-refractivity contribution in [1.29, 1.82) is 0 Å². The maximum Gasteiger partial charge on any atom is 0.349 e. The largest absolute Gasteiger partial charge is 0.349 e. The lowest BCUT2D eigenvalue weighted by molar-refractivity contribution is 0.567. The first-order valence-corrected chi connectivity index (χ1v) is 37.3. The fourth-order valence-corrected chi connectivity index (χ4v) is 13.4. The van der Waals surface area contributed by atoms with Crippen LogP contribution in [0.1, 0.15) is 66.8 Å². The van der Waals surface area contributed by atoms with Crippen LogP contribution in [0.2, 0.25) is 5.02 Å². The molecule has 7 aromatic carbocycles. The number of fused-ring (bicyclic) bond motifs is 8. The lowest BCUT2D eigenvalue weighted by atomic mass is 10.1. The minimum Gasteiger partial charge on any atom is -0.321 e. The highest BCUT2D eigenvalue weighted by molar-refractivity contribution is 6.31. The van der Waals surface area contributed by atoms with Crippen molar-refractivity contribution in [2.75, 3.05) is 26.2 Å². The van der Waals surface area contributed by atoms with Gasteiger partial charge in [0.15, 0.2) is 46.1 Å². The summed E-state index contributed by atoms with van der Waals surface area (Å²) in [6.45, 7) is 22.4. The van der Waals surface area contributed by atoms with Gasteiger partial charge in [0.25, 0.3) is 22.2 Å². The molecule has 9 heterocycles. The Kier molecular flexibility index (Phi) is 24.5. The smallest absolute Gasteiger partial charge is 0.321 e. The SMILES string of the molecule is Cc1cc2nc3c(=O)[nH]c(=O)nc-3n(CCNCc3cccc(F)c3)c2cc1C.Cc1cc2nc3c(=O)[nH]c(=O)nc-3n(CCNCc3ccccc3Cl)c2cc1C.Cc1cc2nc3c(=O)[nH]c(=O)nc-3n(CCNCc3ccccc3F)c2cc1C.Cc1cc2nc3c(=O)[nH]c(=O)nc-3n(CCNCc3ccncc3)c2cc1C. The molecule has 0 saturated heterocycles. The fraction of sp³-hybridized carbons (Fsp3) is 0.241. The Morgan fingerprint density at radius 2 is 0.652 bits per heavy atom. The van der Waals surface area contributed by atoms with Gasteiger partial charge in [0.05, 0.1) is 44.1 Å². The molecule has 0 radical (unpaired) electrons. The van der Waals surface area contributed by atoms with Gasteiger partial charge in [-0.05, 0) is 202 Å². The summed E-state index contributed by atoms with van der Waals surface area (Å²) in [6.07, 6.45) is 3.51. The summed E-state index contributed by atoms with van der Waals surface area (Å²) in [5.41, 5.74) is 13.8. The number of nitrogens with one attached hydrogen (secondary N) is 8. The van der Waals surface area contributed by atoms with Gasteiger partial charge in [-0.1, -0.05) is 60.1 Å². The second-order valence-electron chi connectivity index (χ2n) is 27.8. The molecule has 0 saturated carbocycles. The highest BCUT2D eigenvalue weighted by Crippen LogP contribution is 2.29. The zero-order chi connectivity index (χ0) is 81.3. The summed E-state index contributed by atoms with van der Waals surface area (Å²) < 4.78 is 34.5. The lowest BCUT2D eigenvalue weighted by Crippen LogP contribution is -2.30. The van der Waals surface area contributed by atoms with Crippen LogP contribution in [0.4, 0.5) is 8.78 Å². The number of pyridine rings is 1. The summed E-state index contributed by atoms with van der Waals surface area (Å²) in [4.78, 5) is 143. The number of nitrogens with zero attached hydrogens (tertiary/aromatic N) is 13. The Morgan fingerprint density at radius 1 is 0.339 bits per heavy atom. The lowest BCUT2D eigenvalue weighted by Gasteiger charge is -2.18. The van der Waals surface area contributed by atoms with Crippen LogP contribution in [0.25, 0.3) is 90.2 Å². The van der Waals surface area contributed by atoms with E-state index < -0.39 is 45.0 Å². The number of hydrogen-bond acceptors (Lipinski definition) is 21. The van der Waals surface area contributed by atoms with E-state index in [0.717, 1.165) is 83.3 Å². The highest BCUT2D eigenvalue weighted by Gasteiger charge is 2.24. The van der Waals surface area contributed by atoms with Crippen molar-refractivity contribution in [2.24, 2.45) is 0 Å². The quantitative estimate of drug-likeness (QED) is 0.0263. The standard InChI is InChI=1S/C21H20ClN5O2.2C21H20FN5O2.C20H20N6O2/c1-12-9-16-17(10-13(12)2)27(19-18(24-16)20(28)26-21(29)25-19)8-7-23-11-14-5-3-4-6-15(14)22;1-12-8-16-17(9-13(12)2)27(19-18(24-16)20(28)26-21(29)25-19)7-6-23-11-14-4-3-5-15(22)10-14;1-12-9-16-17(10-13(12)2)27(19-18(24-16)20(28)26-21(29)25-19)8-7-23-11-14-5-3-4-6-15(14)22;1-12-9-15-16(10-13(12)2)26(8-7-22-11-14-3-5-21-6-4-14)18-17(23-15)19(27)25-20(28)24-18/h3-6,9-10,23H,7-8,11H2,1-2H3,(H,26,28,29);3-5,8-10,23H,6-7,11H2,1-2H3,(H,26,28,29);3-6,9-10,23H,7-8,11H2,1-2H3,(H,26,28,29);3-6,9-10,22H,7-8,11H2,1-2H3,(H,25,27,28). The van der Waals surface area contributed by atoms with Gasteiger partial charge in [0, 0.05) is 102 Å². The van der Waals surface area contributed by atoms with Crippen LogP contribution < -0.4 is 66.3 Å². The number of hydrogen-bond donors (Lipinski definition) is 8. The molecular weight excluding hydrogens is 1490 g/mol. The van der Waals surface area contributed by atoms with Crippen molar-refractivity contribution in [3.05, 3.63) is 313 Å². The number of rotatable bonds is 20. The molecule has 8 N–H and O–H groups in total. The first kappa shape index (κ1) is 79.9. The van der Waals surface area contributed by atoms with Crippen LogP contribution >= 0.6 is 11.6 Å². The third kappa shape index (κ3) is 18.5. The Labute approximate surface area is 658 Å². The van der Waals surface area contributed by atoms with Gasteiger partial charge in [-0.25, -0.2) is 47.9 Å². The summed E-state index contributed by atoms with van der Waals surface area (Å²) in [7, 11) is 0. The molecule has 0 bridgehead atoms. The van der Waals surface area contributed by atoms with E-state index in [1.54, 1.807) is 36.7 Å². The molecule has 0 fully saturated rings. The predicted octanol–water partition coefficient (Wildman–Crippen LogP) is 8.29. The van der Waals surface area contributed by atoms with Crippen LogP contribution in [-0.2, 0) is 52.4 Å². The molecule has 0 aliphatic carbocycles. The van der Waals surface area contributed by atoms with E-state index >= 15 is 0 Å². The second kappa shape index (κ2) is 35.2. The third-order valence-corrected chi connectivity index (χ3v) is 20.2. The van der Waals surface area contributed by atoms with Crippen molar-refractivity contribution in [2.45, 2.75) is 108 Å². The van der Waals surface area contributed by atoms with Crippen molar-refractivity contribution in [3.8, 4) is 46.1 Å². The molecule has 8 aliphatic rings. The molecule has 0 atom stereocenters. The van der Waals surface area contributed by atoms with Crippen LogP contribution in [0.3, 0.4) is 0 Å². The molecule has 586 valence electrons. The average molecular weight is 1570 g/mol. The minimum absolute atomic E-state index is 0.120. The Hall–Kier alpha value is -13.2. The van der Waals surface area contributed by atoms with E-state index in [1.165, 1.54) is 18.2 Å². The Morgan fingerprint density at radius 3 is 1.00 bits per heavy atom. The molecular formula is C83H80ClF2N21O8. The first-order chi connectivity index (χ1) is 55.3. The van der Waals surface area contributed by atoms with Crippen molar-refractivity contribution in [3.63, 3.8) is 0 Å². The minimum atomic E-state index is -0.708. The van der Waals surface area contributed by atoms with Crippen LogP contribution in [-0.4, -0.2) is 109 Å². The molecule has 29 nitrogen and oxygen atoms in total. The van der Waals surface area contributed by atoms with Crippen LogP contribution in [0.15, 0.2) is 184 Å². The van der Waals surface area contributed by atoms with Gasteiger partial charge in [0.2, 0.25) is 0 Å². The third-order valence-electron chi connectivity index (χ3n) is 19.8. The highest BCUT2D eigenvalue weighted by atomic mass is 35.5. The van der Waals surface area contributed by atoms with Gasteiger partial charge < -0.3 is 39.5 Å². The van der Waals surface area contributed by atoms with E-state index in [-0.39, 0.29) is 51.9 Å². The maximum absolute atomic E-state index is 13.8. The number of aromatic nitrogens is 17. The number of benzene rings is 7. The molecule has 32 heteroatoms. The topological polar surface area (TPSA) is 384 Å². The molecule has 0 spiro atoms. The molecule has 115 heavy (non-hydrogen) atoms. The molecule has 16 rings (SSSR count). The molecule has 0 unspecified atom stereocenters. The predicted molar refractivity (Wildman–Crippen MR) is 437 cm³/mol. The van der Waals surface area contributed by atoms with Crippen molar-refractivity contribution >= 4 is 55.7 Å². The molecule has 1 aromatic heterocycles. The number of aryl methyl sites for hydroxylation is 8. The van der Waals surface area contributed by atoms with Crippen molar-refractivity contribution in [1.82, 2.24) is 104 Å². The normalized spacial score (nSPS) is 11.4. The van der Waals surface area contributed by atoms with Gasteiger partial charge >= 0.3 is 22.8 Å². The average Bonchev–Trinajstić information content (AvgIpc) is 0.773. The molecule has 8 aliphatic heterocycles. The first-order valence-electron chi connectivity index (χ1n) is 36.9. The van der Waals surface area contributed by atoms with Crippen molar-refractivity contribution < 1.29 is 8.78 Å². The summed E-state index contributed by atoms with van der Waals surface area (Å²) in [6, 6.07) is 40.3. The molecule has 8 aromatic rings. The molecule has 0 amide bonds. The monoisotopic (exact) mass is 1570 g/mol. The second-order valence-corrected chi connectivity index (χ2v) is 28.2. The maximum atomic E-state index is 13.8. The van der Waals surface area contributed by atoms with E-state index in [4.69, 9.17) is 11.6 Å². The zero-order valence-corrected chi connectivity index (χ0v) is 64.8. The summed E-state index contributed by atoms with van der Waals surface area (Å²) in [5.74, 6) is 0.540. The number of H-pyrrole nitrogens is 4. The number of aromatic amines is 4. The summed E-state index contributed by atoms with van der Waals surface area (Å²) in [5, 5.41) is 13.9. The van der Waals surface area contributed by atoms with Gasteiger partial charge in [0.1, 0.15) is 11.6 Å². The Balaban J connectivity index is 0.000000134. The zero-order valence-electron chi connectivity index (χ0n) is 64.1. The van der Waals surface area contributed by atoms with Gasteiger partial charge in [-0.15, -0.1) is 0 Å². The summed E-state index contributed by atoms with van der Waals surface area (Å²) >= 11 is 6.21. The van der Waals surface area contributed by atoms with Crippen LogP contribution in [0.5, 0.6) is 0 Å².